The van der Waals surface area contributed by atoms with Gasteiger partial charge in [-0.3, -0.25) is 24.1 Å². The zero-order chi connectivity index (χ0) is 37.7. The molecule has 1 fully saturated rings. The second kappa shape index (κ2) is 20.7. The zero-order valence-corrected chi connectivity index (χ0v) is 32.9. The Morgan fingerprint density at radius 3 is 2.08 bits per heavy atom. The van der Waals surface area contributed by atoms with Crippen LogP contribution in [-0.2, 0) is 35.1 Å². The van der Waals surface area contributed by atoms with Crippen molar-refractivity contribution in [1.82, 2.24) is 25.3 Å². The number of rotatable bonds is 20. The number of hydrogen-bond acceptors (Lipinski definition) is 7. The minimum Gasteiger partial charge on any atom is -0.380 e. The topological polar surface area (TPSA) is 121 Å². The number of nitrogens with one attached hydrogen (secondary N) is 2. The molecule has 8 unspecified atom stereocenters. The molecule has 0 saturated carbocycles. The van der Waals surface area contributed by atoms with Crippen LogP contribution >= 0.6 is 0 Å². The summed E-state index contributed by atoms with van der Waals surface area (Å²) in [6.07, 6.45) is 1.49. The van der Waals surface area contributed by atoms with Gasteiger partial charge < -0.3 is 29.9 Å². The summed E-state index contributed by atoms with van der Waals surface area (Å²) in [5, 5.41) is 6.09. The number of amides is 4. The Hall–Kier alpha value is -3.02. The second-order valence-electron chi connectivity index (χ2n) is 15.1. The van der Waals surface area contributed by atoms with Crippen LogP contribution in [0.4, 0.5) is 0 Å². The highest BCUT2D eigenvalue weighted by Gasteiger charge is 2.41. The van der Waals surface area contributed by atoms with E-state index in [2.05, 4.69) is 24.5 Å². The van der Waals surface area contributed by atoms with Crippen LogP contribution in [0, 0.1) is 29.6 Å². The molecule has 0 radical (unpaired) electrons. The Morgan fingerprint density at radius 2 is 1.56 bits per heavy atom. The molecule has 0 spiro atoms. The Kier molecular flexibility index (Phi) is 17.9. The SMILES string of the molecule is CCC(C)C(C(CC(=O)N1CCC(C(OC)C(C)C(=O)NCCc2ccccc2)C1)OC)N(C)C(=O)C(NC(=O)C(C(C)C)N(C)C)C(C)C. The molecule has 2 rings (SSSR count). The first-order valence-electron chi connectivity index (χ1n) is 18.5. The van der Waals surface area contributed by atoms with Crippen LogP contribution in [0.3, 0.4) is 0 Å². The maximum atomic E-state index is 14.1. The van der Waals surface area contributed by atoms with Gasteiger partial charge in [0.1, 0.15) is 6.04 Å². The van der Waals surface area contributed by atoms with Crippen molar-refractivity contribution >= 4 is 23.6 Å². The van der Waals surface area contributed by atoms with Gasteiger partial charge in [-0.1, -0.05) is 85.2 Å². The van der Waals surface area contributed by atoms with E-state index in [1.54, 1.807) is 26.2 Å². The van der Waals surface area contributed by atoms with Crippen LogP contribution < -0.4 is 10.6 Å². The normalized spacial score (nSPS) is 19.1. The maximum absolute atomic E-state index is 14.1. The summed E-state index contributed by atoms with van der Waals surface area (Å²) in [5.41, 5.74) is 1.17. The van der Waals surface area contributed by atoms with Gasteiger partial charge in [0.05, 0.1) is 36.6 Å². The quantitative estimate of drug-likeness (QED) is 0.212. The Labute approximate surface area is 302 Å². The molecule has 2 N–H and O–H groups in total. The second-order valence-corrected chi connectivity index (χ2v) is 15.1. The summed E-state index contributed by atoms with van der Waals surface area (Å²) >= 11 is 0. The van der Waals surface area contributed by atoms with Gasteiger partial charge in [-0.15, -0.1) is 0 Å². The van der Waals surface area contributed by atoms with Crippen molar-refractivity contribution in [2.45, 2.75) is 104 Å². The lowest BCUT2D eigenvalue weighted by atomic mass is 9.89. The van der Waals surface area contributed by atoms with E-state index in [1.165, 1.54) is 5.56 Å². The Bertz CT molecular complexity index is 1200. The molecule has 0 aromatic heterocycles. The van der Waals surface area contributed by atoms with Gasteiger partial charge in [0, 0.05) is 46.8 Å². The van der Waals surface area contributed by atoms with Crippen LogP contribution in [-0.4, -0.2) is 124 Å². The van der Waals surface area contributed by atoms with Crippen molar-refractivity contribution in [3.05, 3.63) is 35.9 Å². The van der Waals surface area contributed by atoms with E-state index >= 15 is 0 Å². The molecule has 11 heteroatoms. The first kappa shape index (κ1) is 43.1. The molecule has 1 saturated heterocycles. The number of carbonyl (C=O) groups excluding carboxylic acids is 4. The van der Waals surface area contributed by atoms with E-state index in [4.69, 9.17) is 9.47 Å². The number of ether oxygens (including phenoxy) is 2. The van der Waals surface area contributed by atoms with E-state index in [9.17, 15) is 19.2 Å². The zero-order valence-electron chi connectivity index (χ0n) is 32.9. The summed E-state index contributed by atoms with van der Waals surface area (Å²) in [5.74, 6) is -0.899. The lowest BCUT2D eigenvalue weighted by Crippen LogP contribution is -2.59. The largest absolute Gasteiger partial charge is 0.380 e. The molecule has 1 aliphatic rings. The predicted molar refractivity (Wildman–Crippen MR) is 198 cm³/mol. The molecule has 1 aromatic rings. The van der Waals surface area contributed by atoms with E-state index < -0.39 is 12.1 Å². The standard InChI is InChI=1S/C39H67N5O6/c1-13-27(6)35(43(10)39(48)33(25(2)3)41-38(47)34(26(4)5)42(8)9)31(49-11)23-32(45)44-22-20-30(24-44)36(50-12)28(7)37(46)40-21-19-29-17-15-14-16-18-29/h14-18,25-28,30-31,33-36H,13,19-24H2,1-12H3,(H,40,46)(H,41,47). The van der Waals surface area contributed by atoms with Gasteiger partial charge >= 0.3 is 0 Å². The lowest BCUT2D eigenvalue weighted by Gasteiger charge is -2.40. The fourth-order valence-corrected chi connectivity index (χ4v) is 7.51. The van der Waals surface area contributed by atoms with Crippen LogP contribution in [0.25, 0.3) is 0 Å². The van der Waals surface area contributed by atoms with E-state index in [0.29, 0.717) is 19.6 Å². The molecular weight excluding hydrogens is 634 g/mol. The summed E-state index contributed by atoms with van der Waals surface area (Å²) in [6.45, 7) is 15.5. The number of likely N-dealkylation sites (N-methyl/N-ethyl adjacent to an activating group) is 2. The average Bonchev–Trinajstić information content (AvgIpc) is 3.56. The fourth-order valence-electron chi connectivity index (χ4n) is 7.51. The van der Waals surface area contributed by atoms with Crippen molar-refractivity contribution < 1.29 is 28.7 Å². The van der Waals surface area contributed by atoms with E-state index in [1.807, 2.05) is 88.8 Å². The Balaban J connectivity index is 2.11. The first-order chi connectivity index (χ1) is 23.6. The molecule has 284 valence electrons. The lowest BCUT2D eigenvalue weighted by molar-refractivity contribution is -0.146. The van der Waals surface area contributed by atoms with E-state index in [0.717, 1.165) is 19.3 Å². The highest BCUT2D eigenvalue weighted by molar-refractivity contribution is 5.90. The minimum atomic E-state index is -0.726. The number of carbonyl (C=O) groups is 4. The molecule has 0 aliphatic carbocycles. The van der Waals surface area contributed by atoms with Crippen molar-refractivity contribution in [3.8, 4) is 0 Å². The van der Waals surface area contributed by atoms with Crippen molar-refractivity contribution in [2.24, 2.45) is 29.6 Å². The van der Waals surface area contributed by atoms with Crippen molar-refractivity contribution in [2.75, 3.05) is 55.0 Å². The Morgan fingerprint density at radius 1 is 0.920 bits per heavy atom. The summed E-state index contributed by atoms with van der Waals surface area (Å²) < 4.78 is 11.8. The van der Waals surface area contributed by atoms with Crippen LogP contribution in [0.15, 0.2) is 30.3 Å². The predicted octanol–water partition coefficient (Wildman–Crippen LogP) is 3.85. The molecule has 1 heterocycles. The van der Waals surface area contributed by atoms with Gasteiger partial charge in [0.15, 0.2) is 0 Å². The first-order valence-corrected chi connectivity index (χ1v) is 18.5. The van der Waals surface area contributed by atoms with Crippen molar-refractivity contribution in [1.29, 1.82) is 0 Å². The fraction of sp³-hybridized carbons (Fsp3) is 0.744. The highest BCUT2D eigenvalue weighted by atomic mass is 16.5. The van der Waals surface area contributed by atoms with Gasteiger partial charge in [0.2, 0.25) is 23.6 Å². The number of likely N-dealkylation sites (tertiary alicyclic amines) is 1. The van der Waals surface area contributed by atoms with E-state index in [-0.39, 0.29) is 77.8 Å². The molecule has 11 nitrogen and oxygen atoms in total. The number of benzene rings is 1. The third-order valence-electron chi connectivity index (χ3n) is 10.5. The third kappa shape index (κ3) is 11.8. The average molecular weight is 702 g/mol. The summed E-state index contributed by atoms with van der Waals surface area (Å²) in [4.78, 5) is 59.8. The van der Waals surface area contributed by atoms with Gasteiger partial charge in [-0.05, 0) is 50.3 Å². The van der Waals surface area contributed by atoms with Gasteiger partial charge in [-0.2, -0.15) is 0 Å². The van der Waals surface area contributed by atoms with Crippen molar-refractivity contribution in [3.63, 3.8) is 0 Å². The monoisotopic (exact) mass is 702 g/mol. The summed E-state index contributed by atoms with van der Waals surface area (Å²) in [7, 11) is 8.70. The van der Waals surface area contributed by atoms with Crippen LogP contribution in [0.5, 0.6) is 0 Å². The maximum Gasteiger partial charge on any atom is 0.245 e. The number of hydrogen-bond donors (Lipinski definition) is 2. The van der Waals surface area contributed by atoms with Gasteiger partial charge in [-0.25, -0.2) is 0 Å². The molecule has 0 bridgehead atoms. The summed E-state index contributed by atoms with van der Waals surface area (Å²) in [6, 6.07) is 8.56. The van der Waals surface area contributed by atoms with Crippen LogP contribution in [0.1, 0.15) is 73.3 Å². The molecule has 8 atom stereocenters. The smallest absolute Gasteiger partial charge is 0.245 e. The highest BCUT2D eigenvalue weighted by Crippen LogP contribution is 2.29. The van der Waals surface area contributed by atoms with Gasteiger partial charge in [0.25, 0.3) is 0 Å². The third-order valence-corrected chi connectivity index (χ3v) is 10.5. The minimum absolute atomic E-state index is 0.0154. The molecule has 50 heavy (non-hydrogen) atoms. The van der Waals surface area contributed by atoms with Crippen LogP contribution in [0.2, 0.25) is 0 Å². The molecular formula is C39H67N5O6. The number of methoxy groups -OCH3 is 2. The molecule has 1 aromatic carbocycles. The molecule has 1 aliphatic heterocycles. The number of nitrogens with zero attached hydrogens (tertiary/aromatic N) is 3. The molecule has 4 amide bonds.